The number of alkyl halides is 2. The molecule has 2 heterocycles. The van der Waals surface area contributed by atoms with Crippen LogP contribution in [0.1, 0.15) is 21.7 Å². The molecule has 0 saturated heterocycles. The first kappa shape index (κ1) is 16.8. The predicted molar refractivity (Wildman–Crippen MR) is 88.3 cm³/mol. The van der Waals surface area contributed by atoms with Gasteiger partial charge in [-0.25, -0.2) is 4.68 Å². The molecule has 0 N–H and O–H groups in total. The summed E-state index contributed by atoms with van der Waals surface area (Å²) in [4.78, 5) is 15.4. The number of halogens is 2. The third kappa shape index (κ3) is 3.26. The van der Waals surface area contributed by atoms with Crippen molar-refractivity contribution in [3.05, 3.63) is 59.5 Å². The number of pyridine rings is 1. The van der Waals surface area contributed by atoms with E-state index >= 15 is 0 Å². The highest BCUT2D eigenvalue weighted by Gasteiger charge is 2.16. The van der Waals surface area contributed by atoms with Crippen molar-refractivity contribution in [3.8, 4) is 22.7 Å². The summed E-state index contributed by atoms with van der Waals surface area (Å²) < 4.78 is 31.6. The number of benzene rings is 1. The number of carbonyl (C=O) groups excluding carboxylic acids is 1. The van der Waals surface area contributed by atoms with Gasteiger partial charge in [0.15, 0.2) is 6.29 Å². The molecule has 7 heteroatoms. The van der Waals surface area contributed by atoms with Gasteiger partial charge in [-0.05, 0) is 44.2 Å². The van der Waals surface area contributed by atoms with Crippen LogP contribution >= 0.6 is 0 Å². The highest BCUT2D eigenvalue weighted by Crippen LogP contribution is 2.32. The Morgan fingerprint density at radius 3 is 2.60 bits per heavy atom. The van der Waals surface area contributed by atoms with Crippen molar-refractivity contribution in [2.75, 3.05) is 0 Å². The minimum Gasteiger partial charge on any atom is -0.434 e. The average molecular weight is 343 g/mol. The number of aromatic nitrogens is 3. The molecule has 0 atom stereocenters. The smallest absolute Gasteiger partial charge is 0.387 e. The second-order valence-electron chi connectivity index (χ2n) is 5.39. The van der Waals surface area contributed by atoms with E-state index in [9.17, 15) is 13.6 Å². The zero-order valence-corrected chi connectivity index (χ0v) is 13.6. The van der Waals surface area contributed by atoms with Gasteiger partial charge in [0.05, 0.1) is 28.3 Å². The fraction of sp³-hybridized carbons (Fsp3) is 0.167. The lowest BCUT2D eigenvalue weighted by Gasteiger charge is -2.13. The summed E-state index contributed by atoms with van der Waals surface area (Å²) in [6, 6.07) is 9.91. The van der Waals surface area contributed by atoms with Crippen molar-refractivity contribution >= 4 is 6.29 Å². The first-order valence-corrected chi connectivity index (χ1v) is 7.53. The first-order chi connectivity index (χ1) is 12.0. The van der Waals surface area contributed by atoms with Crippen LogP contribution < -0.4 is 4.74 Å². The van der Waals surface area contributed by atoms with Crippen molar-refractivity contribution in [1.29, 1.82) is 0 Å². The van der Waals surface area contributed by atoms with Crippen molar-refractivity contribution < 1.29 is 18.3 Å². The van der Waals surface area contributed by atoms with Crippen molar-refractivity contribution in [1.82, 2.24) is 14.8 Å². The quantitative estimate of drug-likeness (QED) is 0.658. The fourth-order valence-corrected chi connectivity index (χ4v) is 2.65. The fourth-order valence-electron chi connectivity index (χ4n) is 2.65. The largest absolute Gasteiger partial charge is 0.434 e. The highest BCUT2D eigenvalue weighted by atomic mass is 19.3. The van der Waals surface area contributed by atoms with Crippen LogP contribution in [0.2, 0.25) is 0 Å². The molecule has 0 spiro atoms. The summed E-state index contributed by atoms with van der Waals surface area (Å²) in [5, 5.41) is 4.35. The Labute approximate surface area is 142 Å². The Bertz CT molecular complexity index is 908. The van der Waals surface area contributed by atoms with E-state index in [1.165, 1.54) is 6.07 Å². The van der Waals surface area contributed by atoms with E-state index in [1.54, 1.807) is 55.1 Å². The Morgan fingerprint density at radius 1 is 1.20 bits per heavy atom. The Balaban J connectivity index is 2.16. The second-order valence-corrected chi connectivity index (χ2v) is 5.39. The average Bonchev–Trinajstić information content (AvgIpc) is 2.89. The van der Waals surface area contributed by atoms with Crippen LogP contribution in [-0.2, 0) is 0 Å². The molecule has 128 valence electrons. The van der Waals surface area contributed by atoms with Gasteiger partial charge in [0, 0.05) is 11.8 Å². The van der Waals surface area contributed by atoms with E-state index in [4.69, 9.17) is 0 Å². The van der Waals surface area contributed by atoms with Gasteiger partial charge in [0.1, 0.15) is 5.75 Å². The van der Waals surface area contributed by atoms with E-state index in [0.717, 1.165) is 6.29 Å². The molecule has 0 aliphatic carbocycles. The summed E-state index contributed by atoms with van der Waals surface area (Å²) in [7, 11) is 0. The molecule has 25 heavy (non-hydrogen) atoms. The maximum Gasteiger partial charge on any atom is 0.387 e. The molecule has 2 aromatic heterocycles. The molecule has 3 rings (SSSR count). The summed E-state index contributed by atoms with van der Waals surface area (Å²) in [6.45, 7) is 0.568. The van der Waals surface area contributed by atoms with Gasteiger partial charge >= 0.3 is 6.61 Å². The van der Waals surface area contributed by atoms with E-state index in [2.05, 4.69) is 14.8 Å². The molecule has 0 aliphatic rings. The minimum absolute atomic E-state index is 0.0228. The van der Waals surface area contributed by atoms with Gasteiger partial charge in [0.2, 0.25) is 0 Å². The van der Waals surface area contributed by atoms with Gasteiger partial charge < -0.3 is 4.74 Å². The SMILES string of the molecule is Cc1nn(-c2ccc(OC(F)F)c(-c3ccccn3)c2)c(C)c1C=O. The summed E-state index contributed by atoms with van der Waals surface area (Å²) in [5.41, 5.74) is 3.31. The molecular weight excluding hydrogens is 328 g/mol. The van der Waals surface area contributed by atoms with Gasteiger partial charge in [0.25, 0.3) is 0 Å². The highest BCUT2D eigenvalue weighted by molar-refractivity contribution is 5.78. The molecule has 0 saturated carbocycles. The molecular formula is C18H15F2N3O2. The van der Waals surface area contributed by atoms with Crippen molar-refractivity contribution in [3.63, 3.8) is 0 Å². The van der Waals surface area contributed by atoms with Gasteiger partial charge in [-0.1, -0.05) is 6.07 Å². The van der Waals surface area contributed by atoms with E-state index in [1.807, 2.05) is 0 Å². The van der Waals surface area contributed by atoms with Crippen LogP contribution in [-0.4, -0.2) is 27.7 Å². The number of ether oxygens (including phenoxy) is 1. The molecule has 0 fully saturated rings. The lowest BCUT2D eigenvalue weighted by atomic mass is 10.1. The third-order valence-corrected chi connectivity index (χ3v) is 3.83. The van der Waals surface area contributed by atoms with Gasteiger partial charge in [-0.15, -0.1) is 0 Å². The maximum atomic E-state index is 12.7. The predicted octanol–water partition coefficient (Wildman–Crippen LogP) is 3.97. The van der Waals surface area contributed by atoms with E-state index in [0.29, 0.717) is 33.9 Å². The zero-order valence-electron chi connectivity index (χ0n) is 13.6. The molecule has 0 unspecified atom stereocenters. The maximum absolute atomic E-state index is 12.7. The van der Waals surface area contributed by atoms with Crippen molar-refractivity contribution in [2.24, 2.45) is 0 Å². The van der Waals surface area contributed by atoms with E-state index < -0.39 is 6.61 Å². The third-order valence-electron chi connectivity index (χ3n) is 3.83. The molecule has 1 aromatic carbocycles. The van der Waals surface area contributed by atoms with Crippen LogP contribution in [0.5, 0.6) is 5.75 Å². The van der Waals surface area contributed by atoms with Crippen molar-refractivity contribution in [2.45, 2.75) is 20.5 Å². The zero-order chi connectivity index (χ0) is 18.0. The Hall–Kier alpha value is -3.09. The first-order valence-electron chi connectivity index (χ1n) is 7.53. The number of rotatable bonds is 5. The number of aryl methyl sites for hydroxylation is 1. The van der Waals surface area contributed by atoms with Gasteiger partial charge in [-0.3, -0.25) is 9.78 Å². The number of carbonyl (C=O) groups is 1. The monoisotopic (exact) mass is 343 g/mol. The standard InChI is InChI=1S/C18H15F2N3O2/c1-11-15(10-24)12(2)23(22-11)13-6-7-17(25-18(19)20)14(9-13)16-5-3-4-8-21-16/h3-10,18H,1-2H3. The number of aldehydes is 1. The number of nitrogens with zero attached hydrogens (tertiary/aromatic N) is 3. The molecule has 0 amide bonds. The number of hydrogen-bond donors (Lipinski definition) is 0. The molecule has 0 aliphatic heterocycles. The van der Waals surface area contributed by atoms with E-state index in [-0.39, 0.29) is 5.75 Å². The van der Waals surface area contributed by atoms with Gasteiger partial charge in [-0.2, -0.15) is 13.9 Å². The molecule has 0 radical (unpaired) electrons. The summed E-state index contributed by atoms with van der Waals surface area (Å²) in [5.74, 6) is 0.0228. The molecule has 3 aromatic rings. The minimum atomic E-state index is -2.94. The van der Waals surface area contributed by atoms with Crippen LogP contribution in [0.3, 0.4) is 0 Å². The lowest BCUT2D eigenvalue weighted by Crippen LogP contribution is -2.05. The van der Waals surface area contributed by atoms with Crippen LogP contribution in [0.25, 0.3) is 16.9 Å². The van der Waals surface area contributed by atoms with Crippen LogP contribution in [0, 0.1) is 13.8 Å². The van der Waals surface area contributed by atoms with Crippen LogP contribution in [0.15, 0.2) is 42.6 Å². The number of hydrogen-bond acceptors (Lipinski definition) is 4. The molecule has 5 nitrogen and oxygen atoms in total. The molecule has 0 bridgehead atoms. The normalized spacial score (nSPS) is 10.9. The Morgan fingerprint density at radius 2 is 2.00 bits per heavy atom. The summed E-state index contributed by atoms with van der Waals surface area (Å²) >= 11 is 0. The lowest BCUT2D eigenvalue weighted by molar-refractivity contribution is -0.0494. The second kappa shape index (κ2) is 6.80. The van der Waals surface area contributed by atoms with Crippen LogP contribution in [0.4, 0.5) is 8.78 Å². The summed E-state index contributed by atoms with van der Waals surface area (Å²) in [6.07, 6.45) is 2.32. The Kier molecular flexibility index (Phi) is 4.56. The topological polar surface area (TPSA) is 57.0 Å².